The lowest BCUT2D eigenvalue weighted by molar-refractivity contribution is -0.141. The molecule has 2 aliphatic rings. The Hall–Kier alpha value is -1.41. The lowest BCUT2D eigenvalue weighted by Crippen LogP contribution is -2.47. The first-order chi connectivity index (χ1) is 11.8. The first-order valence-corrected chi connectivity index (χ1v) is 8.70. The zero-order valence-electron chi connectivity index (χ0n) is 14.6. The summed E-state index contributed by atoms with van der Waals surface area (Å²) in [6.07, 6.45) is 1.79. The molecule has 0 N–H and O–H groups in total. The molecule has 8 heteroatoms. The first kappa shape index (κ1) is 18.4. The van der Waals surface area contributed by atoms with Crippen molar-refractivity contribution in [1.29, 1.82) is 0 Å². The van der Waals surface area contributed by atoms with E-state index in [1.165, 1.54) is 6.20 Å². The van der Waals surface area contributed by atoms with Crippen molar-refractivity contribution in [2.24, 2.45) is 0 Å². The van der Waals surface area contributed by atoms with E-state index in [1.54, 1.807) is 0 Å². The summed E-state index contributed by atoms with van der Waals surface area (Å²) in [6.45, 7) is 6.04. The molecule has 2 saturated heterocycles. The van der Waals surface area contributed by atoms with E-state index in [1.807, 2.05) is 13.8 Å². The fraction of sp³-hybridized carbons (Fsp3) is 0.765. The summed E-state index contributed by atoms with van der Waals surface area (Å²) >= 11 is 0. The van der Waals surface area contributed by atoms with Crippen LogP contribution in [0.1, 0.15) is 45.2 Å². The molecule has 2 fully saturated rings. The van der Waals surface area contributed by atoms with Crippen molar-refractivity contribution in [2.45, 2.75) is 63.4 Å². The number of rotatable bonds is 6. The van der Waals surface area contributed by atoms with Gasteiger partial charge in [-0.2, -0.15) is 13.2 Å². The topological polar surface area (TPSA) is 47.5 Å². The summed E-state index contributed by atoms with van der Waals surface area (Å²) < 4.78 is 49.5. The molecule has 0 bridgehead atoms. The van der Waals surface area contributed by atoms with E-state index in [0.717, 1.165) is 32.2 Å². The molecule has 5 nitrogen and oxygen atoms in total. The fourth-order valence-corrected chi connectivity index (χ4v) is 3.85. The molecule has 0 unspecified atom stereocenters. The van der Waals surface area contributed by atoms with Crippen LogP contribution in [0.5, 0.6) is 5.88 Å². The smallest absolute Gasteiger partial charge is 0.435 e. The monoisotopic (exact) mass is 359 g/mol. The molecule has 1 aromatic heterocycles. The van der Waals surface area contributed by atoms with Crippen molar-refractivity contribution in [3.05, 3.63) is 18.1 Å². The zero-order valence-corrected chi connectivity index (χ0v) is 14.6. The van der Waals surface area contributed by atoms with Gasteiger partial charge in [0.1, 0.15) is 6.61 Å². The number of fused-ring (bicyclic) bond motifs is 1. The van der Waals surface area contributed by atoms with E-state index >= 15 is 0 Å². The van der Waals surface area contributed by atoms with Crippen LogP contribution in [0, 0.1) is 0 Å². The van der Waals surface area contributed by atoms with Gasteiger partial charge in [-0.1, -0.05) is 0 Å². The van der Waals surface area contributed by atoms with Crippen LogP contribution in [0.15, 0.2) is 12.4 Å². The lowest BCUT2D eigenvalue weighted by atomic mass is 9.95. The van der Waals surface area contributed by atoms with Crippen LogP contribution in [0.2, 0.25) is 0 Å². The molecule has 2 atom stereocenters. The van der Waals surface area contributed by atoms with Gasteiger partial charge < -0.3 is 9.47 Å². The van der Waals surface area contributed by atoms with Gasteiger partial charge in [0.25, 0.3) is 0 Å². The van der Waals surface area contributed by atoms with Crippen molar-refractivity contribution >= 4 is 0 Å². The average Bonchev–Trinajstić information content (AvgIpc) is 3.10. The highest BCUT2D eigenvalue weighted by atomic mass is 19.4. The maximum absolute atomic E-state index is 12.7. The summed E-state index contributed by atoms with van der Waals surface area (Å²) in [4.78, 5) is 9.51. The highest BCUT2D eigenvalue weighted by molar-refractivity contribution is 5.11. The van der Waals surface area contributed by atoms with E-state index in [0.29, 0.717) is 19.4 Å². The Morgan fingerprint density at radius 2 is 2.12 bits per heavy atom. The molecule has 2 aliphatic heterocycles. The second kappa shape index (κ2) is 7.07. The van der Waals surface area contributed by atoms with Crippen molar-refractivity contribution in [3.63, 3.8) is 0 Å². The molecule has 0 spiro atoms. The van der Waals surface area contributed by atoms with E-state index in [-0.39, 0.29) is 23.6 Å². The summed E-state index contributed by atoms with van der Waals surface area (Å²) in [5.74, 6) is -0.0787. The number of hydrogen-bond donors (Lipinski definition) is 0. The van der Waals surface area contributed by atoms with Gasteiger partial charge in [-0.25, -0.2) is 4.98 Å². The minimum Gasteiger partial charge on any atom is -0.475 e. The Balaban J connectivity index is 1.61. The lowest BCUT2D eigenvalue weighted by Gasteiger charge is -2.35. The van der Waals surface area contributed by atoms with Gasteiger partial charge in [-0.15, -0.1) is 0 Å². The van der Waals surface area contributed by atoms with Crippen molar-refractivity contribution in [3.8, 4) is 5.88 Å². The number of ether oxygens (including phenoxy) is 2. The minimum absolute atomic E-state index is 0.0534. The predicted octanol–water partition coefficient (Wildman–Crippen LogP) is 3.30. The van der Waals surface area contributed by atoms with Crippen LogP contribution in [0.4, 0.5) is 13.2 Å². The second-order valence-corrected chi connectivity index (χ2v) is 7.12. The summed E-state index contributed by atoms with van der Waals surface area (Å²) in [5, 5.41) is 0. The van der Waals surface area contributed by atoms with Crippen molar-refractivity contribution in [2.75, 3.05) is 19.8 Å². The molecule has 1 aromatic rings. The third-order valence-corrected chi connectivity index (χ3v) is 5.05. The number of aromatic nitrogens is 2. The summed E-state index contributed by atoms with van der Waals surface area (Å²) in [6, 6.07) is 0.176. The van der Waals surface area contributed by atoms with Crippen LogP contribution >= 0.6 is 0 Å². The normalized spacial score (nSPS) is 27.0. The van der Waals surface area contributed by atoms with Crippen molar-refractivity contribution in [1.82, 2.24) is 14.9 Å². The van der Waals surface area contributed by atoms with Gasteiger partial charge >= 0.3 is 6.18 Å². The second-order valence-electron chi connectivity index (χ2n) is 7.12. The van der Waals surface area contributed by atoms with E-state index < -0.39 is 11.9 Å². The third-order valence-electron chi connectivity index (χ3n) is 5.05. The van der Waals surface area contributed by atoms with Crippen LogP contribution < -0.4 is 4.74 Å². The van der Waals surface area contributed by atoms with Gasteiger partial charge in [0, 0.05) is 11.6 Å². The standard InChI is InChI=1S/C17H24F3N3O2/c1-12(2)25-11-16-5-3-7-23(16)13(4-6-16)10-24-15-9-21-8-14(22-15)17(18,19)20/h8-9,12-13H,3-7,10-11H2,1-2H3/t13-,16-/m0/s1. The van der Waals surface area contributed by atoms with Crippen LogP contribution in [-0.4, -0.2) is 52.3 Å². The molecular formula is C17H24F3N3O2. The molecule has 3 heterocycles. The molecule has 0 radical (unpaired) electrons. The van der Waals surface area contributed by atoms with E-state index in [9.17, 15) is 13.2 Å². The maximum atomic E-state index is 12.7. The van der Waals surface area contributed by atoms with Gasteiger partial charge in [-0.05, 0) is 46.1 Å². The SMILES string of the molecule is CC(C)OC[C@@]12CCCN1[C@H](COc1cncc(C(F)(F)F)n1)CC2. The largest absolute Gasteiger partial charge is 0.475 e. The quantitative estimate of drug-likeness (QED) is 0.780. The Morgan fingerprint density at radius 3 is 2.84 bits per heavy atom. The number of nitrogens with zero attached hydrogens (tertiary/aromatic N) is 3. The third kappa shape index (κ3) is 4.06. The van der Waals surface area contributed by atoms with Crippen LogP contribution in [-0.2, 0) is 10.9 Å². The highest BCUT2D eigenvalue weighted by Gasteiger charge is 2.49. The van der Waals surface area contributed by atoms with Crippen LogP contribution in [0.3, 0.4) is 0 Å². The summed E-state index contributed by atoms with van der Waals surface area (Å²) in [5.41, 5.74) is -0.977. The molecule has 0 saturated carbocycles. The molecule has 3 rings (SSSR count). The number of alkyl halides is 3. The molecule has 0 aliphatic carbocycles. The Labute approximate surface area is 145 Å². The first-order valence-electron chi connectivity index (χ1n) is 8.70. The zero-order chi connectivity index (χ0) is 18.1. The van der Waals surface area contributed by atoms with Crippen molar-refractivity contribution < 1.29 is 22.6 Å². The van der Waals surface area contributed by atoms with E-state index in [2.05, 4.69) is 14.9 Å². The van der Waals surface area contributed by atoms with E-state index in [4.69, 9.17) is 9.47 Å². The molecule has 25 heavy (non-hydrogen) atoms. The fourth-order valence-electron chi connectivity index (χ4n) is 3.85. The average molecular weight is 359 g/mol. The van der Waals surface area contributed by atoms with Gasteiger partial charge in [-0.3, -0.25) is 9.88 Å². The molecule has 0 amide bonds. The Morgan fingerprint density at radius 1 is 1.32 bits per heavy atom. The molecular weight excluding hydrogens is 335 g/mol. The number of halogens is 3. The number of hydrogen-bond acceptors (Lipinski definition) is 5. The summed E-state index contributed by atoms with van der Waals surface area (Å²) in [7, 11) is 0. The minimum atomic E-state index is -4.52. The predicted molar refractivity (Wildman–Crippen MR) is 85.3 cm³/mol. The van der Waals surface area contributed by atoms with Crippen LogP contribution in [0.25, 0.3) is 0 Å². The van der Waals surface area contributed by atoms with Gasteiger partial charge in [0.2, 0.25) is 5.88 Å². The van der Waals surface area contributed by atoms with Gasteiger partial charge in [0.15, 0.2) is 5.69 Å². The Kier molecular flexibility index (Phi) is 5.20. The highest BCUT2D eigenvalue weighted by Crippen LogP contribution is 2.42. The Bertz CT molecular complexity index is 597. The maximum Gasteiger partial charge on any atom is 0.435 e. The van der Waals surface area contributed by atoms with Gasteiger partial charge in [0.05, 0.1) is 25.1 Å². The molecule has 140 valence electrons. The molecule has 0 aromatic carbocycles.